The number of nitrogens with two attached hydrogens (primary N) is 1. The maximum absolute atomic E-state index is 6.07. The Balaban J connectivity index is 1.90. The van der Waals surface area contributed by atoms with E-state index in [2.05, 4.69) is 66.0 Å². The van der Waals surface area contributed by atoms with Crippen molar-refractivity contribution in [3.8, 4) is 0 Å². The molecule has 4 aromatic carbocycles. The Kier molecular flexibility index (Phi) is 4.00. The van der Waals surface area contributed by atoms with Crippen LogP contribution in [-0.4, -0.2) is 7.11 Å². The lowest BCUT2D eigenvalue weighted by atomic mass is 10.0. The molecule has 3 nitrogen and oxygen atoms in total. The highest BCUT2D eigenvalue weighted by atomic mass is 16.5. The molecule has 0 spiro atoms. The van der Waals surface area contributed by atoms with Crippen molar-refractivity contribution in [3.05, 3.63) is 78.4 Å². The first-order valence-electron chi connectivity index (χ1n) is 8.30. The number of fused-ring (bicyclic) bond motifs is 2. The molecule has 0 atom stereocenters. The largest absolute Gasteiger partial charge is 0.399 e. The Morgan fingerprint density at radius 1 is 0.840 bits per heavy atom. The molecule has 3 N–H and O–H groups in total. The summed E-state index contributed by atoms with van der Waals surface area (Å²) in [6.07, 6.45) is 0. The smallest absolute Gasteiger partial charge is 0.0714 e. The summed E-state index contributed by atoms with van der Waals surface area (Å²) in [4.78, 5) is 0. The van der Waals surface area contributed by atoms with Gasteiger partial charge in [0.15, 0.2) is 0 Å². The fraction of sp³-hybridized carbons (Fsp3) is 0.0909. The summed E-state index contributed by atoms with van der Waals surface area (Å²) < 4.78 is 5.25. The van der Waals surface area contributed by atoms with Crippen LogP contribution < -0.4 is 11.1 Å². The lowest BCUT2D eigenvalue weighted by Crippen LogP contribution is -1.98. The molecular weight excluding hydrogens is 308 g/mol. The van der Waals surface area contributed by atoms with Crippen LogP contribution >= 0.6 is 0 Å². The molecule has 0 aliphatic heterocycles. The molecule has 0 unspecified atom stereocenters. The van der Waals surface area contributed by atoms with Crippen LogP contribution in [-0.2, 0) is 11.3 Å². The Hall–Kier alpha value is -3.04. The number of hydrogen-bond acceptors (Lipinski definition) is 3. The van der Waals surface area contributed by atoms with Gasteiger partial charge in [-0.05, 0) is 40.6 Å². The highest BCUT2D eigenvalue weighted by molar-refractivity contribution is 6.12. The molecule has 0 aromatic heterocycles. The summed E-state index contributed by atoms with van der Waals surface area (Å²) >= 11 is 0. The van der Waals surface area contributed by atoms with E-state index in [-0.39, 0.29) is 0 Å². The third-order valence-electron chi connectivity index (χ3n) is 4.37. The molecule has 0 amide bonds. The third-order valence-corrected chi connectivity index (χ3v) is 4.37. The molecule has 0 bridgehead atoms. The van der Waals surface area contributed by atoms with Crippen molar-refractivity contribution in [2.75, 3.05) is 18.2 Å². The number of nitrogen functional groups attached to an aromatic ring is 1. The van der Waals surface area contributed by atoms with Crippen molar-refractivity contribution in [1.82, 2.24) is 0 Å². The summed E-state index contributed by atoms with van der Waals surface area (Å²) in [5.74, 6) is 0. The second-order valence-corrected chi connectivity index (χ2v) is 6.22. The van der Waals surface area contributed by atoms with Gasteiger partial charge in [0.05, 0.1) is 12.3 Å². The van der Waals surface area contributed by atoms with Crippen molar-refractivity contribution in [1.29, 1.82) is 0 Å². The van der Waals surface area contributed by atoms with E-state index >= 15 is 0 Å². The van der Waals surface area contributed by atoms with Crippen LogP contribution in [0.4, 0.5) is 17.1 Å². The minimum atomic E-state index is 0.538. The van der Waals surface area contributed by atoms with Crippen molar-refractivity contribution < 1.29 is 4.74 Å². The number of hydrogen-bond donors (Lipinski definition) is 2. The minimum Gasteiger partial charge on any atom is -0.399 e. The van der Waals surface area contributed by atoms with Crippen LogP contribution in [0, 0.1) is 0 Å². The van der Waals surface area contributed by atoms with Crippen molar-refractivity contribution in [2.24, 2.45) is 0 Å². The predicted octanol–water partition coefficient (Wildman–Crippen LogP) is 5.47. The lowest BCUT2D eigenvalue weighted by molar-refractivity contribution is 0.185. The van der Waals surface area contributed by atoms with E-state index in [1.54, 1.807) is 7.11 Å². The highest BCUT2D eigenvalue weighted by Crippen LogP contribution is 2.35. The zero-order valence-electron chi connectivity index (χ0n) is 14.1. The number of methoxy groups -OCH3 is 1. The van der Waals surface area contributed by atoms with Gasteiger partial charge in [-0.25, -0.2) is 0 Å². The van der Waals surface area contributed by atoms with Crippen molar-refractivity contribution in [3.63, 3.8) is 0 Å². The number of anilines is 3. The van der Waals surface area contributed by atoms with Gasteiger partial charge in [0.25, 0.3) is 0 Å². The normalized spacial score (nSPS) is 11.1. The molecule has 4 rings (SSSR count). The molecule has 0 radical (unpaired) electrons. The van der Waals surface area contributed by atoms with Gasteiger partial charge in [-0.15, -0.1) is 0 Å². The molecule has 25 heavy (non-hydrogen) atoms. The Bertz CT molecular complexity index is 1000. The van der Waals surface area contributed by atoms with Crippen LogP contribution in [0.2, 0.25) is 0 Å². The second kappa shape index (κ2) is 6.46. The molecule has 124 valence electrons. The SMILES string of the molecule is COCc1cc(N)cc(Nc2c3ccccc3cc3ccccc23)c1. The Labute approximate surface area is 147 Å². The third kappa shape index (κ3) is 3.02. The summed E-state index contributed by atoms with van der Waals surface area (Å²) in [5.41, 5.74) is 9.91. The van der Waals surface area contributed by atoms with Crippen LogP contribution in [0.3, 0.4) is 0 Å². The Morgan fingerprint density at radius 3 is 2.12 bits per heavy atom. The fourth-order valence-corrected chi connectivity index (χ4v) is 3.33. The number of rotatable bonds is 4. The molecule has 0 aliphatic carbocycles. The molecule has 0 aliphatic rings. The van der Waals surface area contributed by atoms with Crippen LogP contribution in [0.1, 0.15) is 5.56 Å². The van der Waals surface area contributed by atoms with E-state index in [1.807, 2.05) is 12.1 Å². The van der Waals surface area contributed by atoms with Gasteiger partial charge in [0.2, 0.25) is 0 Å². The summed E-state index contributed by atoms with van der Waals surface area (Å²) in [7, 11) is 1.69. The summed E-state index contributed by atoms with van der Waals surface area (Å²) in [6, 6.07) is 25.0. The molecule has 3 heteroatoms. The minimum absolute atomic E-state index is 0.538. The molecule has 0 saturated heterocycles. The zero-order chi connectivity index (χ0) is 17.2. The van der Waals surface area contributed by atoms with Gasteiger partial charge in [-0.1, -0.05) is 48.5 Å². The highest BCUT2D eigenvalue weighted by Gasteiger charge is 2.08. The summed E-state index contributed by atoms with van der Waals surface area (Å²) in [5, 5.41) is 8.40. The first-order chi connectivity index (χ1) is 12.2. The van der Waals surface area contributed by atoms with E-state index < -0.39 is 0 Å². The number of benzene rings is 4. The number of nitrogens with one attached hydrogen (secondary N) is 1. The van der Waals surface area contributed by atoms with E-state index in [0.29, 0.717) is 6.61 Å². The van der Waals surface area contributed by atoms with Gasteiger partial charge in [-0.3, -0.25) is 0 Å². The lowest BCUT2D eigenvalue weighted by Gasteiger charge is -2.15. The maximum atomic E-state index is 6.07. The van der Waals surface area contributed by atoms with E-state index in [4.69, 9.17) is 10.5 Å². The average molecular weight is 328 g/mol. The quantitative estimate of drug-likeness (QED) is 0.386. The zero-order valence-corrected chi connectivity index (χ0v) is 14.1. The predicted molar refractivity (Wildman–Crippen MR) is 106 cm³/mol. The molecular formula is C22H20N2O. The first-order valence-corrected chi connectivity index (χ1v) is 8.30. The molecule has 0 saturated carbocycles. The second-order valence-electron chi connectivity index (χ2n) is 6.22. The monoisotopic (exact) mass is 328 g/mol. The molecule has 0 heterocycles. The summed E-state index contributed by atoms with van der Waals surface area (Å²) in [6.45, 7) is 0.538. The Morgan fingerprint density at radius 2 is 1.48 bits per heavy atom. The fourth-order valence-electron chi connectivity index (χ4n) is 3.33. The van der Waals surface area contributed by atoms with E-state index in [0.717, 1.165) is 22.6 Å². The van der Waals surface area contributed by atoms with Gasteiger partial charge in [0.1, 0.15) is 0 Å². The van der Waals surface area contributed by atoms with Crippen LogP contribution in [0.25, 0.3) is 21.5 Å². The van der Waals surface area contributed by atoms with Crippen LogP contribution in [0.5, 0.6) is 0 Å². The number of ether oxygens (including phenoxy) is 1. The topological polar surface area (TPSA) is 47.3 Å². The van der Waals surface area contributed by atoms with Crippen molar-refractivity contribution >= 4 is 38.6 Å². The van der Waals surface area contributed by atoms with E-state index in [1.165, 1.54) is 21.5 Å². The van der Waals surface area contributed by atoms with E-state index in [9.17, 15) is 0 Å². The maximum Gasteiger partial charge on any atom is 0.0714 e. The average Bonchev–Trinajstić information content (AvgIpc) is 2.61. The van der Waals surface area contributed by atoms with Gasteiger partial charge in [0, 0.05) is 29.3 Å². The molecule has 4 aromatic rings. The first kappa shape index (κ1) is 15.5. The van der Waals surface area contributed by atoms with Gasteiger partial charge in [-0.2, -0.15) is 0 Å². The van der Waals surface area contributed by atoms with Crippen LogP contribution in [0.15, 0.2) is 72.8 Å². The van der Waals surface area contributed by atoms with Gasteiger partial charge >= 0.3 is 0 Å². The van der Waals surface area contributed by atoms with Crippen molar-refractivity contribution in [2.45, 2.75) is 6.61 Å². The molecule has 0 fully saturated rings. The van der Waals surface area contributed by atoms with Gasteiger partial charge < -0.3 is 15.8 Å². The standard InChI is InChI=1S/C22H20N2O/c1-25-14-15-10-18(23)13-19(11-15)24-22-20-8-4-2-6-16(20)12-17-7-3-5-9-21(17)22/h2-13,24H,14,23H2,1H3.